The van der Waals surface area contributed by atoms with Crippen molar-refractivity contribution < 1.29 is 24.3 Å². The maximum absolute atomic E-state index is 11.3. The summed E-state index contributed by atoms with van der Waals surface area (Å²) in [6, 6.07) is 0.0576. The summed E-state index contributed by atoms with van der Waals surface area (Å²) < 4.78 is 0.107. The third kappa shape index (κ3) is 3.19. The van der Waals surface area contributed by atoms with Gasteiger partial charge >= 0.3 is 5.97 Å². The second kappa shape index (κ2) is 5.49. The van der Waals surface area contributed by atoms with Crippen LogP contribution in [-0.4, -0.2) is 47.2 Å². The summed E-state index contributed by atoms with van der Waals surface area (Å²) in [5.41, 5.74) is -1.42. The van der Waals surface area contributed by atoms with Crippen molar-refractivity contribution in [3.05, 3.63) is 0 Å². The van der Waals surface area contributed by atoms with Crippen LogP contribution in [-0.2, 0) is 9.59 Å². The number of rotatable bonds is 7. The predicted octanol–water partition coefficient (Wildman–Crippen LogP) is 0.235. The average molecular weight is 245 g/mol. The summed E-state index contributed by atoms with van der Waals surface area (Å²) in [5, 5.41) is 20.2. The number of carboxylic acids is 2. The Morgan fingerprint density at radius 2 is 1.88 bits per heavy atom. The molecule has 0 heterocycles. The van der Waals surface area contributed by atoms with Crippen LogP contribution in [0.15, 0.2) is 0 Å². The van der Waals surface area contributed by atoms with Crippen LogP contribution in [0.25, 0.3) is 0 Å². The smallest absolute Gasteiger partial charge is 0.310 e. The first-order chi connectivity index (χ1) is 7.59. The molecule has 0 fully saturated rings. The van der Waals surface area contributed by atoms with Crippen molar-refractivity contribution in [3.8, 4) is 0 Å². The predicted molar refractivity (Wildman–Crippen MR) is 62.1 cm³/mol. The average Bonchev–Trinajstić information content (AvgIpc) is 2.16. The number of carbonyl (C=O) groups is 2. The van der Waals surface area contributed by atoms with Crippen molar-refractivity contribution in [2.24, 2.45) is 0 Å². The van der Waals surface area contributed by atoms with Gasteiger partial charge in [-0.2, -0.15) is 0 Å². The van der Waals surface area contributed by atoms with Crippen LogP contribution in [0.3, 0.4) is 0 Å². The van der Waals surface area contributed by atoms with Crippen molar-refractivity contribution in [3.63, 3.8) is 0 Å². The van der Waals surface area contributed by atoms with Crippen LogP contribution in [0.5, 0.6) is 0 Å². The maximum atomic E-state index is 11.3. The Kier molecular flexibility index (Phi) is 5.13. The Morgan fingerprint density at radius 1 is 1.41 bits per heavy atom. The van der Waals surface area contributed by atoms with E-state index in [4.69, 9.17) is 5.11 Å². The van der Waals surface area contributed by atoms with Crippen molar-refractivity contribution in [1.82, 2.24) is 0 Å². The molecule has 2 unspecified atom stereocenters. The van der Waals surface area contributed by atoms with Crippen LogP contribution in [0.1, 0.15) is 40.0 Å². The van der Waals surface area contributed by atoms with Crippen molar-refractivity contribution in [2.75, 3.05) is 14.1 Å². The van der Waals surface area contributed by atoms with Crippen LogP contribution >= 0.6 is 0 Å². The fourth-order valence-corrected chi connectivity index (χ4v) is 2.03. The minimum absolute atomic E-state index is 0.0576. The minimum Gasteiger partial charge on any atom is -0.544 e. The summed E-state index contributed by atoms with van der Waals surface area (Å²) in [7, 11) is 3.50. The molecule has 1 N–H and O–H groups in total. The first-order valence-corrected chi connectivity index (χ1v) is 5.86. The molecule has 0 aliphatic rings. The largest absolute Gasteiger partial charge is 0.544 e. The molecule has 5 heteroatoms. The highest BCUT2D eigenvalue weighted by molar-refractivity contribution is 5.82. The van der Waals surface area contributed by atoms with Crippen LogP contribution in [0, 0.1) is 0 Å². The molecule has 0 bridgehead atoms. The SMILES string of the molecule is CCCC(C)[N+](C)(C)C(C)(CC(=O)O)C(=O)[O-]. The zero-order valence-corrected chi connectivity index (χ0v) is 11.3. The van der Waals surface area contributed by atoms with Gasteiger partial charge in [0.15, 0.2) is 0 Å². The Labute approximate surface area is 103 Å². The summed E-state index contributed by atoms with van der Waals surface area (Å²) >= 11 is 0. The fourth-order valence-electron chi connectivity index (χ4n) is 2.03. The molecule has 0 saturated heterocycles. The molecule has 0 saturated carbocycles. The Balaban J connectivity index is 5.29. The Bertz CT molecular complexity index is 301. The quantitative estimate of drug-likeness (QED) is 0.651. The van der Waals surface area contributed by atoms with E-state index in [1.807, 2.05) is 13.8 Å². The van der Waals surface area contributed by atoms with Crippen LogP contribution in [0.2, 0.25) is 0 Å². The maximum Gasteiger partial charge on any atom is 0.310 e. The summed E-state index contributed by atoms with van der Waals surface area (Å²) in [6.07, 6.45) is 1.34. The molecule has 5 nitrogen and oxygen atoms in total. The van der Waals surface area contributed by atoms with E-state index in [2.05, 4.69) is 0 Å². The third-order valence-electron chi connectivity index (χ3n) is 4.02. The number of carbonyl (C=O) groups excluding carboxylic acids is 1. The van der Waals surface area contributed by atoms with Gasteiger partial charge in [0.2, 0.25) is 0 Å². The summed E-state index contributed by atoms with van der Waals surface area (Å²) in [5.74, 6) is -2.43. The number of nitrogens with zero attached hydrogens (tertiary/aromatic N) is 1. The van der Waals surface area contributed by atoms with E-state index >= 15 is 0 Å². The molecule has 17 heavy (non-hydrogen) atoms. The van der Waals surface area contributed by atoms with Gasteiger partial charge < -0.3 is 19.5 Å². The highest BCUT2D eigenvalue weighted by Gasteiger charge is 2.47. The second-order valence-corrected chi connectivity index (χ2v) is 5.31. The first kappa shape index (κ1) is 15.9. The summed E-state index contributed by atoms with van der Waals surface area (Å²) in [4.78, 5) is 22.2. The molecule has 0 aromatic heterocycles. The lowest BCUT2D eigenvalue weighted by Crippen LogP contribution is -2.69. The van der Waals surface area contributed by atoms with E-state index in [0.29, 0.717) is 0 Å². The first-order valence-electron chi connectivity index (χ1n) is 5.86. The van der Waals surface area contributed by atoms with E-state index < -0.39 is 23.9 Å². The van der Waals surface area contributed by atoms with Gasteiger partial charge in [-0.3, -0.25) is 4.79 Å². The Hall–Kier alpha value is -1.10. The normalized spacial score (nSPS) is 17.2. The molecule has 0 rings (SSSR count). The number of likely N-dealkylation sites (N-methyl/N-ethyl adjacent to an activating group) is 1. The van der Waals surface area contributed by atoms with E-state index in [1.54, 1.807) is 14.1 Å². The summed E-state index contributed by atoms with van der Waals surface area (Å²) in [6.45, 7) is 5.40. The number of hydrogen-bond donors (Lipinski definition) is 1. The highest BCUT2D eigenvalue weighted by Crippen LogP contribution is 2.29. The van der Waals surface area contributed by atoms with Gasteiger partial charge in [-0.15, -0.1) is 0 Å². The van der Waals surface area contributed by atoms with Gasteiger partial charge in [0, 0.05) is 0 Å². The van der Waals surface area contributed by atoms with Crippen LogP contribution < -0.4 is 5.11 Å². The lowest BCUT2D eigenvalue weighted by Gasteiger charge is -2.50. The molecule has 0 radical (unpaired) electrons. The van der Waals surface area contributed by atoms with Gasteiger partial charge in [0.1, 0.15) is 17.9 Å². The molecule has 0 aromatic rings. The highest BCUT2D eigenvalue weighted by atomic mass is 16.4. The molecular weight excluding hydrogens is 222 g/mol. The number of carboxylic acid groups (broad SMARTS) is 2. The lowest BCUT2D eigenvalue weighted by atomic mass is 9.90. The third-order valence-corrected chi connectivity index (χ3v) is 4.02. The second-order valence-electron chi connectivity index (χ2n) is 5.31. The molecule has 2 atom stereocenters. The van der Waals surface area contributed by atoms with Gasteiger partial charge in [-0.25, -0.2) is 0 Å². The van der Waals surface area contributed by atoms with Gasteiger partial charge in [-0.1, -0.05) is 13.3 Å². The lowest BCUT2D eigenvalue weighted by molar-refractivity contribution is -0.953. The molecular formula is C12H23NO4. The fraction of sp³-hybridized carbons (Fsp3) is 0.833. The topological polar surface area (TPSA) is 77.4 Å². The van der Waals surface area contributed by atoms with Gasteiger partial charge in [0.25, 0.3) is 0 Å². The van der Waals surface area contributed by atoms with E-state index in [1.165, 1.54) is 6.92 Å². The zero-order chi connectivity index (χ0) is 13.9. The molecule has 0 amide bonds. The van der Waals surface area contributed by atoms with E-state index in [9.17, 15) is 14.7 Å². The number of hydrogen-bond acceptors (Lipinski definition) is 3. The van der Waals surface area contributed by atoms with Gasteiger partial charge in [-0.05, 0) is 20.3 Å². The molecule has 0 aliphatic carbocycles. The standard InChI is InChI=1S/C12H23NO4/c1-6-7-9(2)13(4,5)12(3,11(16)17)8-10(14)15/h9H,6-8H2,1-5H3,(H-,14,15,16,17). The van der Waals surface area contributed by atoms with Crippen molar-refractivity contribution in [1.29, 1.82) is 0 Å². The Morgan fingerprint density at radius 3 is 2.18 bits per heavy atom. The number of quaternary nitrogens is 1. The minimum atomic E-state index is -1.42. The molecule has 0 aromatic carbocycles. The van der Waals surface area contributed by atoms with Gasteiger partial charge in [0.05, 0.1) is 20.1 Å². The number of aliphatic carboxylic acids is 2. The van der Waals surface area contributed by atoms with E-state index in [-0.39, 0.29) is 10.5 Å². The molecule has 0 aliphatic heterocycles. The zero-order valence-electron chi connectivity index (χ0n) is 11.3. The monoisotopic (exact) mass is 245 g/mol. The molecule has 100 valence electrons. The van der Waals surface area contributed by atoms with E-state index in [0.717, 1.165) is 12.8 Å². The molecule has 0 spiro atoms. The van der Waals surface area contributed by atoms with Crippen molar-refractivity contribution in [2.45, 2.75) is 51.6 Å². The van der Waals surface area contributed by atoms with Crippen molar-refractivity contribution >= 4 is 11.9 Å². The van der Waals surface area contributed by atoms with Crippen LogP contribution in [0.4, 0.5) is 0 Å².